The van der Waals surface area contributed by atoms with E-state index in [0.717, 1.165) is 6.42 Å². The first-order valence-corrected chi connectivity index (χ1v) is 5.56. The van der Waals surface area contributed by atoms with Crippen LogP contribution in [0, 0.1) is 11.5 Å². The fourth-order valence-corrected chi connectivity index (χ4v) is 1.51. The molecule has 0 saturated heterocycles. The molecule has 0 unspecified atom stereocenters. The first kappa shape index (κ1) is 12.4. The van der Waals surface area contributed by atoms with Gasteiger partial charge in [-0.2, -0.15) is 0 Å². The maximum Gasteiger partial charge on any atom is 0.259 e. The first-order chi connectivity index (χ1) is 7.70. The van der Waals surface area contributed by atoms with E-state index in [2.05, 4.69) is 6.07 Å². The van der Waals surface area contributed by atoms with Gasteiger partial charge in [0.05, 0.1) is 0 Å². The van der Waals surface area contributed by atoms with E-state index in [0.29, 0.717) is 24.4 Å². The average Bonchev–Trinajstić information content (AvgIpc) is 2.31. The molecule has 1 rings (SSSR count). The average molecular weight is 217 g/mol. The Morgan fingerprint density at radius 1 is 1.50 bits per heavy atom. The second-order valence-electron chi connectivity index (χ2n) is 3.54. The fourth-order valence-electron chi connectivity index (χ4n) is 1.51. The summed E-state index contributed by atoms with van der Waals surface area (Å²) in [5, 5.41) is 7.82. The van der Waals surface area contributed by atoms with Crippen molar-refractivity contribution < 1.29 is 4.79 Å². The summed E-state index contributed by atoms with van der Waals surface area (Å²) in [5.74, 6) is 0.275. The second kappa shape index (κ2) is 6.05. The highest BCUT2D eigenvalue weighted by Crippen LogP contribution is 2.07. The summed E-state index contributed by atoms with van der Waals surface area (Å²) < 4.78 is 0. The van der Waals surface area contributed by atoms with Gasteiger partial charge in [0.15, 0.2) is 0 Å². The zero-order chi connectivity index (χ0) is 12.0. The van der Waals surface area contributed by atoms with Gasteiger partial charge < -0.3 is 0 Å². The van der Waals surface area contributed by atoms with Gasteiger partial charge in [-0.1, -0.05) is 19.1 Å². The molecule has 85 valence electrons. The van der Waals surface area contributed by atoms with E-state index < -0.39 is 0 Å². The van der Waals surface area contributed by atoms with E-state index in [1.165, 1.54) is 4.90 Å². The molecule has 0 spiro atoms. The lowest BCUT2D eigenvalue weighted by molar-refractivity contribution is 0.0849. The number of benzene rings is 1. The molecule has 0 heterocycles. The van der Waals surface area contributed by atoms with E-state index in [-0.39, 0.29) is 5.91 Å². The van der Waals surface area contributed by atoms with Gasteiger partial charge in [-0.05, 0) is 31.5 Å². The van der Waals surface area contributed by atoms with Crippen LogP contribution in [0.1, 0.15) is 37.0 Å². The minimum Gasteiger partial charge on any atom is -0.297 e. The normalized spacial score (nSPS) is 9.88. The van der Waals surface area contributed by atoms with Crippen molar-refractivity contribution in [3.63, 3.8) is 0 Å². The van der Waals surface area contributed by atoms with E-state index in [9.17, 15) is 4.79 Å². The molecule has 0 bridgehead atoms. The van der Waals surface area contributed by atoms with Crippen LogP contribution in [-0.4, -0.2) is 23.2 Å². The number of amides is 1. The highest BCUT2D eigenvalue weighted by molar-refractivity contribution is 6.05. The van der Waals surface area contributed by atoms with Crippen LogP contribution in [0.15, 0.2) is 24.3 Å². The lowest BCUT2D eigenvalue weighted by atomic mass is 10.2. The van der Waals surface area contributed by atoms with Crippen LogP contribution >= 0.6 is 0 Å². The van der Waals surface area contributed by atoms with Gasteiger partial charge in [-0.15, -0.1) is 0 Å². The molecule has 0 saturated carbocycles. The first-order valence-electron chi connectivity index (χ1n) is 5.56. The molecular formula is C13H17N2O. The maximum absolute atomic E-state index is 12.1. The van der Waals surface area contributed by atoms with Gasteiger partial charge in [0, 0.05) is 18.5 Å². The number of amidine groups is 1. The standard InChI is InChI=1S/C13H17N2O/c1-3-8-12(14)15(4-2)13(16)11-9-6-5-7-10-11/h5-6,9-10,14H,3-4,8H2,1-2H3. The Kier molecular flexibility index (Phi) is 4.70. The van der Waals surface area contributed by atoms with Crippen molar-refractivity contribution in [2.24, 2.45) is 0 Å². The maximum atomic E-state index is 12.1. The smallest absolute Gasteiger partial charge is 0.259 e. The van der Waals surface area contributed by atoms with E-state index in [4.69, 9.17) is 5.41 Å². The van der Waals surface area contributed by atoms with Crippen LogP contribution in [0.5, 0.6) is 0 Å². The Labute approximate surface area is 96.6 Å². The number of carbonyl (C=O) groups is 1. The van der Waals surface area contributed by atoms with Crippen molar-refractivity contribution in [3.8, 4) is 0 Å². The molecule has 0 aromatic heterocycles. The molecule has 1 N–H and O–H groups in total. The topological polar surface area (TPSA) is 44.2 Å². The number of nitrogens with one attached hydrogen (secondary N) is 1. The monoisotopic (exact) mass is 217 g/mol. The SMILES string of the molecule is CCCC(=N)N(CC)C(=O)c1c[c]ccc1. The summed E-state index contributed by atoms with van der Waals surface area (Å²) in [7, 11) is 0. The minimum atomic E-state index is -0.113. The summed E-state index contributed by atoms with van der Waals surface area (Å²) in [6, 6.07) is 9.82. The lowest BCUT2D eigenvalue weighted by Gasteiger charge is -2.21. The van der Waals surface area contributed by atoms with Crippen LogP contribution in [-0.2, 0) is 0 Å². The molecule has 1 aromatic rings. The van der Waals surface area contributed by atoms with Crippen molar-refractivity contribution in [2.45, 2.75) is 26.7 Å². The predicted octanol–water partition coefficient (Wildman–Crippen LogP) is 2.73. The Hall–Kier alpha value is -1.64. The van der Waals surface area contributed by atoms with E-state index in [1.807, 2.05) is 13.8 Å². The summed E-state index contributed by atoms with van der Waals surface area (Å²) in [4.78, 5) is 13.6. The Balaban J connectivity index is 2.82. The number of hydrogen-bond donors (Lipinski definition) is 1. The molecule has 1 amide bonds. The quantitative estimate of drug-likeness (QED) is 0.611. The molecule has 3 heteroatoms. The third-order valence-electron chi connectivity index (χ3n) is 2.33. The zero-order valence-corrected chi connectivity index (χ0v) is 9.79. The van der Waals surface area contributed by atoms with Crippen LogP contribution in [0.2, 0.25) is 0 Å². The third kappa shape index (κ3) is 2.92. The molecule has 1 radical (unpaired) electrons. The lowest BCUT2D eigenvalue weighted by Crippen LogP contribution is -2.36. The van der Waals surface area contributed by atoms with Crippen LogP contribution in [0.25, 0.3) is 0 Å². The molecule has 0 atom stereocenters. The number of hydrogen-bond acceptors (Lipinski definition) is 2. The molecule has 0 aliphatic rings. The van der Waals surface area contributed by atoms with Gasteiger partial charge in [0.1, 0.15) is 5.84 Å². The van der Waals surface area contributed by atoms with Gasteiger partial charge >= 0.3 is 0 Å². The van der Waals surface area contributed by atoms with Crippen LogP contribution in [0.3, 0.4) is 0 Å². The Bertz CT molecular complexity index is 359. The van der Waals surface area contributed by atoms with Gasteiger partial charge in [-0.25, -0.2) is 0 Å². The molecule has 3 nitrogen and oxygen atoms in total. The van der Waals surface area contributed by atoms with Crippen molar-refractivity contribution in [3.05, 3.63) is 35.9 Å². The van der Waals surface area contributed by atoms with E-state index in [1.54, 1.807) is 24.3 Å². The van der Waals surface area contributed by atoms with Crippen LogP contribution in [0.4, 0.5) is 0 Å². The second-order valence-corrected chi connectivity index (χ2v) is 3.54. The summed E-state index contributed by atoms with van der Waals surface area (Å²) in [5.41, 5.74) is 0.588. The molecule has 16 heavy (non-hydrogen) atoms. The molecule has 0 aliphatic carbocycles. The largest absolute Gasteiger partial charge is 0.297 e. The van der Waals surface area contributed by atoms with Crippen molar-refractivity contribution in [1.82, 2.24) is 4.90 Å². The molecule has 0 aliphatic heterocycles. The highest BCUT2D eigenvalue weighted by Gasteiger charge is 2.17. The molecule has 1 aromatic carbocycles. The predicted molar refractivity (Wildman–Crippen MR) is 64.6 cm³/mol. The van der Waals surface area contributed by atoms with E-state index >= 15 is 0 Å². The number of carbonyl (C=O) groups excluding carboxylic acids is 1. The van der Waals surface area contributed by atoms with Crippen molar-refractivity contribution >= 4 is 11.7 Å². The van der Waals surface area contributed by atoms with Crippen molar-refractivity contribution in [2.75, 3.05) is 6.54 Å². The van der Waals surface area contributed by atoms with Gasteiger partial charge in [-0.3, -0.25) is 15.1 Å². The van der Waals surface area contributed by atoms with Gasteiger partial charge in [0.25, 0.3) is 5.91 Å². The zero-order valence-electron chi connectivity index (χ0n) is 9.79. The molecule has 0 fully saturated rings. The van der Waals surface area contributed by atoms with Gasteiger partial charge in [0.2, 0.25) is 0 Å². The number of rotatable bonds is 4. The van der Waals surface area contributed by atoms with Crippen LogP contribution < -0.4 is 0 Å². The fraction of sp³-hybridized carbons (Fsp3) is 0.385. The summed E-state index contributed by atoms with van der Waals surface area (Å²) in [6.07, 6.45) is 1.51. The summed E-state index contributed by atoms with van der Waals surface area (Å²) >= 11 is 0. The summed E-state index contributed by atoms with van der Waals surface area (Å²) in [6.45, 7) is 4.42. The van der Waals surface area contributed by atoms with Crippen molar-refractivity contribution in [1.29, 1.82) is 5.41 Å². The Morgan fingerprint density at radius 2 is 2.25 bits per heavy atom. The number of nitrogens with zero attached hydrogens (tertiary/aromatic N) is 1. The minimum absolute atomic E-state index is 0.113. The third-order valence-corrected chi connectivity index (χ3v) is 2.33. The highest BCUT2D eigenvalue weighted by atomic mass is 16.2. The molecular weight excluding hydrogens is 200 g/mol. The Morgan fingerprint density at radius 3 is 2.75 bits per heavy atom.